The molecule has 106 valence electrons. The van der Waals surface area contributed by atoms with E-state index in [1.54, 1.807) is 6.07 Å². The van der Waals surface area contributed by atoms with Gasteiger partial charge in [0.25, 0.3) is 0 Å². The van der Waals surface area contributed by atoms with E-state index in [4.69, 9.17) is 16.3 Å². The lowest BCUT2D eigenvalue weighted by Crippen LogP contribution is -1.95. The third kappa shape index (κ3) is 3.31. The molecule has 2 aromatic rings. The Balaban J connectivity index is 2.28. The van der Waals surface area contributed by atoms with Crippen LogP contribution in [-0.2, 0) is 5.88 Å². The topological polar surface area (TPSA) is 9.23 Å². The van der Waals surface area contributed by atoms with E-state index >= 15 is 0 Å². The van der Waals surface area contributed by atoms with Crippen LogP contribution in [0.2, 0.25) is 0 Å². The third-order valence-corrected chi connectivity index (χ3v) is 3.55. The highest BCUT2D eigenvalue weighted by molar-refractivity contribution is 6.17. The van der Waals surface area contributed by atoms with Gasteiger partial charge in [-0.25, -0.2) is 4.39 Å². The Hall–Kier alpha value is -1.54. The number of ether oxygens (including phenoxy) is 1. The van der Waals surface area contributed by atoms with Gasteiger partial charge in [-0.05, 0) is 54.3 Å². The number of rotatable bonds is 4. The minimum atomic E-state index is -0.306. The van der Waals surface area contributed by atoms with Gasteiger partial charge in [0, 0.05) is 5.56 Å². The number of alkyl halides is 1. The summed E-state index contributed by atoms with van der Waals surface area (Å²) in [6, 6.07) is 10.4. The molecule has 0 N–H and O–H groups in total. The molecule has 0 aliphatic rings. The highest BCUT2D eigenvalue weighted by Gasteiger charge is 2.08. The molecule has 2 aromatic carbocycles. The van der Waals surface area contributed by atoms with Crippen molar-refractivity contribution < 1.29 is 9.13 Å². The maximum absolute atomic E-state index is 13.2. The number of benzene rings is 2. The standard InChI is InChI=1S/C17H18ClFO/c1-11(2)16-6-5-15(8-12(16)3)20-17-7-4-14(19)9-13(17)10-18/h4-9,11H,10H2,1-3H3. The fourth-order valence-corrected chi connectivity index (χ4v) is 2.45. The van der Waals surface area contributed by atoms with E-state index < -0.39 is 0 Å². The molecule has 0 saturated heterocycles. The first kappa shape index (κ1) is 14.9. The fraction of sp³-hybridized carbons (Fsp3) is 0.294. The maximum atomic E-state index is 13.2. The lowest BCUT2D eigenvalue weighted by molar-refractivity contribution is 0.475. The van der Waals surface area contributed by atoms with Gasteiger partial charge in [-0.2, -0.15) is 0 Å². The average molecular weight is 293 g/mol. The van der Waals surface area contributed by atoms with Crippen molar-refractivity contribution in [3.05, 3.63) is 58.9 Å². The summed E-state index contributed by atoms with van der Waals surface area (Å²) in [5.74, 6) is 1.73. The first-order valence-electron chi connectivity index (χ1n) is 6.64. The van der Waals surface area contributed by atoms with Crippen molar-refractivity contribution in [2.75, 3.05) is 0 Å². The molecule has 0 aromatic heterocycles. The van der Waals surface area contributed by atoms with E-state index in [9.17, 15) is 4.39 Å². The lowest BCUT2D eigenvalue weighted by atomic mass is 9.98. The van der Waals surface area contributed by atoms with Crippen LogP contribution in [0.15, 0.2) is 36.4 Å². The second-order valence-corrected chi connectivity index (χ2v) is 5.43. The van der Waals surface area contributed by atoms with Crippen LogP contribution < -0.4 is 4.74 Å². The summed E-state index contributed by atoms with van der Waals surface area (Å²) in [7, 11) is 0. The summed E-state index contributed by atoms with van der Waals surface area (Å²) in [5, 5.41) is 0. The zero-order valence-electron chi connectivity index (χ0n) is 11.9. The largest absolute Gasteiger partial charge is 0.457 e. The summed E-state index contributed by atoms with van der Waals surface area (Å²) in [6.45, 7) is 6.39. The van der Waals surface area contributed by atoms with E-state index in [-0.39, 0.29) is 11.7 Å². The van der Waals surface area contributed by atoms with Crippen LogP contribution in [0.5, 0.6) is 11.5 Å². The van der Waals surface area contributed by atoms with Gasteiger partial charge in [-0.1, -0.05) is 19.9 Å². The van der Waals surface area contributed by atoms with Crippen molar-refractivity contribution in [1.29, 1.82) is 0 Å². The van der Waals surface area contributed by atoms with Crippen LogP contribution in [0.1, 0.15) is 36.5 Å². The van der Waals surface area contributed by atoms with Crippen molar-refractivity contribution in [2.45, 2.75) is 32.6 Å². The van der Waals surface area contributed by atoms with Crippen LogP contribution in [0.25, 0.3) is 0 Å². The predicted octanol–water partition coefficient (Wildman–Crippen LogP) is 5.79. The molecule has 0 unspecified atom stereocenters. The van der Waals surface area contributed by atoms with Gasteiger partial charge in [0.05, 0.1) is 5.88 Å². The van der Waals surface area contributed by atoms with Gasteiger partial charge in [0.15, 0.2) is 0 Å². The molecule has 0 radical (unpaired) electrons. The lowest BCUT2D eigenvalue weighted by Gasteiger charge is -2.13. The number of aryl methyl sites for hydroxylation is 1. The van der Waals surface area contributed by atoms with Crippen molar-refractivity contribution >= 4 is 11.6 Å². The van der Waals surface area contributed by atoms with Gasteiger partial charge >= 0.3 is 0 Å². The number of hydrogen-bond acceptors (Lipinski definition) is 1. The average Bonchev–Trinajstić information content (AvgIpc) is 2.40. The Bertz CT molecular complexity index is 608. The summed E-state index contributed by atoms with van der Waals surface area (Å²) < 4.78 is 19.0. The fourth-order valence-electron chi connectivity index (χ4n) is 2.24. The zero-order chi connectivity index (χ0) is 14.7. The molecule has 0 saturated carbocycles. The minimum Gasteiger partial charge on any atom is -0.457 e. The van der Waals surface area contributed by atoms with Crippen LogP contribution >= 0.6 is 11.6 Å². The second kappa shape index (κ2) is 6.27. The smallest absolute Gasteiger partial charge is 0.132 e. The molecule has 0 atom stereocenters. The summed E-state index contributed by atoms with van der Waals surface area (Å²) in [4.78, 5) is 0. The molecule has 20 heavy (non-hydrogen) atoms. The first-order valence-corrected chi connectivity index (χ1v) is 7.17. The highest BCUT2D eigenvalue weighted by atomic mass is 35.5. The molecule has 0 heterocycles. The molecule has 0 bridgehead atoms. The quantitative estimate of drug-likeness (QED) is 0.648. The Labute approximate surface area is 124 Å². The molecule has 2 rings (SSSR count). The molecule has 0 fully saturated rings. The molecule has 0 amide bonds. The van der Waals surface area contributed by atoms with Crippen molar-refractivity contribution in [3.63, 3.8) is 0 Å². The molecule has 0 aliphatic carbocycles. The molecular weight excluding hydrogens is 275 g/mol. The van der Waals surface area contributed by atoms with Crippen LogP contribution in [0, 0.1) is 12.7 Å². The zero-order valence-corrected chi connectivity index (χ0v) is 12.7. The summed E-state index contributed by atoms with van der Waals surface area (Å²) >= 11 is 5.82. The van der Waals surface area contributed by atoms with Crippen LogP contribution in [-0.4, -0.2) is 0 Å². The Kier molecular flexibility index (Phi) is 4.66. The summed E-state index contributed by atoms with van der Waals surface area (Å²) in [5.41, 5.74) is 3.14. The van der Waals surface area contributed by atoms with E-state index in [0.29, 0.717) is 17.2 Å². The van der Waals surface area contributed by atoms with Gasteiger partial charge in [0.2, 0.25) is 0 Å². The molecular formula is C17H18ClFO. The third-order valence-electron chi connectivity index (χ3n) is 3.26. The molecule has 0 spiro atoms. The minimum absolute atomic E-state index is 0.218. The van der Waals surface area contributed by atoms with Gasteiger partial charge < -0.3 is 4.74 Å². The Morgan fingerprint density at radius 3 is 2.50 bits per heavy atom. The van der Waals surface area contributed by atoms with Crippen LogP contribution in [0.4, 0.5) is 4.39 Å². The Morgan fingerprint density at radius 1 is 1.15 bits per heavy atom. The number of hydrogen-bond donors (Lipinski definition) is 0. The van der Waals surface area contributed by atoms with Crippen molar-refractivity contribution in [1.82, 2.24) is 0 Å². The van der Waals surface area contributed by atoms with Gasteiger partial charge in [-0.3, -0.25) is 0 Å². The first-order chi connectivity index (χ1) is 9.51. The maximum Gasteiger partial charge on any atom is 0.132 e. The van der Waals surface area contributed by atoms with E-state index in [2.05, 4.69) is 26.8 Å². The highest BCUT2D eigenvalue weighted by Crippen LogP contribution is 2.30. The second-order valence-electron chi connectivity index (χ2n) is 5.16. The molecule has 3 heteroatoms. The van der Waals surface area contributed by atoms with E-state index in [1.807, 2.05) is 12.1 Å². The molecule has 0 aliphatic heterocycles. The predicted molar refractivity (Wildman–Crippen MR) is 81.3 cm³/mol. The molecule has 1 nitrogen and oxygen atoms in total. The van der Waals surface area contributed by atoms with E-state index in [0.717, 1.165) is 5.75 Å². The van der Waals surface area contributed by atoms with Crippen molar-refractivity contribution in [2.24, 2.45) is 0 Å². The van der Waals surface area contributed by atoms with Crippen LogP contribution in [0.3, 0.4) is 0 Å². The van der Waals surface area contributed by atoms with Gasteiger partial charge in [0.1, 0.15) is 17.3 Å². The van der Waals surface area contributed by atoms with E-state index in [1.165, 1.54) is 23.3 Å². The SMILES string of the molecule is Cc1cc(Oc2ccc(F)cc2CCl)ccc1C(C)C. The Morgan fingerprint density at radius 2 is 1.90 bits per heavy atom. The van der Waals surface area contributed by atoms with Gasteiger partial charge in [-0.15, -0.1) is 11.6 Å². The monoisotopic (exact) mass is 292 g/mol. The normalized spacial score (nSPS) is 10.9. The number of halogens is 2. The van der Waals surface area contributed by atoms with Crippen molar-refractivity contribution in [3.8, 4) is 11.5 Å². The summed E-state index contributed by atoms with van der Waals surface area (Å²) in [6.07, 6.45) is 0.